The summed E-state index contributed by atoms with van der Waals surface area (Å²) in [6.07, 6.45) is 3.31. The van der Waals surface area contributed by atoms with Crippen LogP contribution in [-0.4, -0.2) is 28.7 Å². The van der Waals surface area contributed by atoms with Crippen molar-refractivity contribution in [1.82, 2.24) is 4.90 Å². The SMILES string of the molecule is O=C([C@@H](Cc1ccccc1)N1C(=O)[C@@H]2[C@@H]3CC[C@@H](C3)[C@@H]2C1=O)N(Cc1ccccc1)c1ccccc1. The van der Waals surface area contributed by atoms with Gasteiger partial charge in [0.1, 0.15) is 6.04 Å². The molecule has 2 saturated carbocycles. The van der Waals surface area contributed by atoms with Crippen molar-refractivity contribution in [3.8, 4) is 0 Å². The fourth-order valence-corrected chi connectivity index (χ4v) is 6.72. The molecule has 3 amide bonds. The first-order valence-corrected chi connectivity index (χ1v) is 12.9. The molecule has 3 aromatic rings. The lowest BCUT2D eigenvalue weighted by atomic mass is 9.81. The van der Waals surface area contributed by atoms with Gasteiger partial charge in [0.15, 0.2) is 0 Å². The van der Waals surface area contributed by atoms with Gasteiger partial charge in [-0.1, -0.05) is 78.9 Å². The maximum atomic E-state index is 14.4. The Labute approximate surface area is 211 Å². The van der Waals surface area contributed by atoms with E-state index in [1.54, 1.807) is 4.90 Å². The van der Waals surface area contributed by atoms with E-state index in [1.807, 2.05) is 91.0 Å². The molecule has 0 radical (unpaired) electrons. The van der Waals surface area contributed by atoms with E-state index < -0.39 is 6.04 Å². The van der Waals surface area contributed by atoms with E-state index in [0.29, 0.717) is 13.0 Å². The average Bonchev–Trinajstić information content (AvgIpc) is 3.61. The van der Waals surface area contributed by atoms with E-state index in [4.69, 9.17) is 0 Å². The lowest BCUT2D eigenvalue weighted by Gasteiger charge is -2.32. The number of fused-ring (bicyclic) bond motifs is 5. The highest BCUT2D eigenvalue weighted by Crippen LogP contribution is 2.56. The minimum absolute atomic E-state index is 0.140. The van der Waals surface area contributed by atoms with Gasteiger partial charge < -0.3 is 4.90 Å². The molecular formula is C31H30N2O3. The Morgan fingerprint density at radius 2 is 1.25 bits per heavy atom. The van der Waals surface area contributed by atoms with E-state index in [2.05, 4.69) is 0 Å². The number of para-hydroxylation sites is 1. The van der Waals surface area contributed by atoms with Crippen molar-refractivity contribution in [3.63, 3.8) is 0 Å². The quantitative estimate of drug-likeness (QED) is 0.456. The monoisotopic (exact) mass is 478 g/mol. The second-order valence-electron chi connectivity index (χ2n) is 10.4. The molecule has 0 aromatic heterocycles. The molecule has 3 fully saturated rings. The van der Waals surface area contributed by atoms with Crippen LogP contribution in [0.1, 0.15) is 30.4 Å². The Balaban J connectivity index is 1.39. The predicted octanol–water partition coefficient (Wildman–Crippen LogP) is 4.86. The van der Waals surface area contributed by atoms with Crippen LogP contribution in [0.4, 0.5) is 5.69 Å². The Bertz CT molecular complexity index is 1230. The number of amides is 3. The van der Waals surface area contributed by atoms with Crippen molar-refractivity contribution in [3.05, 3.63) is 102 Å². The predicted molar refractivity (Wildman–Crippen MR) is 138 cm³/mol. The Hall–Kier alpha value is -3.73. The number of likely N-dealkylation sites (tertiary alicyclic amines) is 1. The average molecular weight is 479 g/mol. The third kappa shape index (κ3) is 3.93. The molecule has 0 unspecified atom stereocenters. The third-order valence-electron chi connectivity index (χ3n) is 8.35. The fourth-order valence-electron chi connectivity index (χ4n) is 6.72. The molecule has 5 heteroatoms. The summed E-state index contributed by atoms with van der Waals surface area (Å²) in [7, 11) is 0. The van der Waals surface area contributed by atoms with Crippen LogP contribution in [0.2, 0.25) is 0 Å². The summed E-state index contributed by atoms with van der Waals surface area (Å²) in [5.74, 6) is -0.434. The lowest BCUT2D eigenvalue weighted by molar-refractivity contribution is -0.148. The number of benzene rings is 3. The summed E-state index contributed by atoms with van der Waals surface area (Å²) >= 11 is 0. The van der Waals surface area contributed by atoms with Gasteiger partial charge in [-0.3, -0.25) is 19.3 Å². The Kier molecular flexibility index (Phi) is 5.92. The second kappa shape index (κ2) is 9.38. The van der Waals surface area contributed by atoms with Crippen LogP contribution in [-0.2, 0) is 27.3 Å². The van der Waals surface area contributed by atoms with Crippen LogP contribution < -0.4 is 4.90 Å². The summed E-state index contributed by atoms with van der Waals surface area (Å²) in [4.78, 5) is 45.0. The number of hydrogen-bond acceptors (Lipinski definition) is 3. The van der Waals surface area contributed by atoms with E-state index in [-0.39, 0.29) is 41.4 Å². The first-order valence-electron chi connectivity index (χ1n) is 12.9. The zero-order chi connectivity index (χ0) is 24.6. The number of hydrogen-bond donors (Lipinski definition) is 0. The molecule has 3 aliphatic rings. The number of carbonyl (C=O) groups is 3. The van der Waals surface area contributed by atoms with Crippen molar-refractivity contribution < 1.29 is 14.4 Å². The van der Waals surface area contributed by atoms with Crippen LogP contribution in [0, 0.1) is 23.7 Å². The van der Waals surface area contributed by atoms with E-state index in [9.17, 15) is 14.4 Å². The third-order valence-corrected chi connectivity index (χ3v) is 8.35. The molecule has 5 nitrogen and oxygen atoms in total. The van der Waals surface area contributed by atoms with E-state index >= 15 is 0 Å². The van der Waals surface area contributed by atoms with Crippen molar-refractivity contribution in [2.45, 2.75) is 38.3 Å². The largest absolute Gasteiger partial charge is 0.306 e. The van der Waals surface area contributed by atoms with Gasteiger partial charge in [-0.25, -0.2) is 0 Å². The summed E-state index contributed by atoms with van der Waals surface area (Å²) < 4.78 is 0. The maximum absolute atomic E-state index is 14.4. The van der Waals surface area contributed by atoms with Crippen molar-refractivity contribution >= 4 is 23.4 Å². The molecule has 0 N–H and O–H groups in total. The zero-order valence-corrected chi connectivity index (χ0v) is 20.2. The summed E-state index contributed by atoms with van der Waals surface area (Å²) in [5, 5.41) is 0. The maximum Gasteiger partial charge on any atom is 0.250 e. The van der Waals surface area contributed by atoms with Crippen molar-refractivity contribution in [2.24, 2.45) is 23.7 Å². The van der Waals surface area contributed by atoms with Crippen LogP contribution in [0.25, 0.3) is 0 Å². The second-order valence-corrected chi connectivity index (χ2v) is 10.4. The molecule has 0 spiro atoms. The van der Waals surface area contributed by atoms with Gasteiger partial charge in [0.2, 0.25) is 11.8 Å². The minimum Gasteiger partial charge on any atom is -0.306 e. The van der Waals surface area contributed by atoms with Gasteiger partial charge in [-0.15, -0.1) is 0 Å². The highest BCUT2D eigenvalue weighted by Gasteiger charge is 2.62. The number of imide groups is 1. The van der Waals surface area contributed by atoms with Gasteiger partial charge in [-0.2, -0.15) is 0 Å². The van der Waals surface area contributed by atoms with Gasteiger partial charge in [0.05, 0.1) is 18.4 Å². The zero-order valence-electron chi connectivity index (χ0n) is 20.2. The highest BCUT2D eigenvalue weighted by atomic mass is 16.2. The molecule has 5 atom stereocenters. The number of anilines is 1. The number of carbonyl (C=O) groups excluding carboxylic acids is 3. The molecule has 3 aromatic carbocycles. The van der Waals surface area contributed by atoms with Crippen molar-refractivity contribution in [2.75, 3.05) is 4.90 Å². The lowest BCUT2D eigenvalue weighted by Crippen LogP contribution is -2.53. The van der Waals surface area contributed by atoms with Gasteiger partial charge in [0, 0.05) is 12.1 Å². The Morgan fingerprint density at radius 1 is 0.750 bits per heavy atom. The summed E-state index contributed by atoms with van der Waals surface area (Å²) in [6, 6.07) is 28.2. The van der Waals surface area contributed by atoms with Gasteiger partial charge >= 0.3 is 0 Å². The molecule has 1 heterocycles. The summed E-state index contributed by atoms with van der Waals surface area (Å²) in [5.41, 5.74) is 2.68. The Morgan fingerprint density at radius 3 is 1.81 bits per heavy atom. The fraction of sp³-hybridized carbons (Fsp3) is 0.323. The standard InChI is InChI=1S/C31H30N2O3/c34-29(32(25-14-8-3-9-15-25)20-22-12-6-2-7-13-22)26(18-21-10-4-1-5-11-21)33-30(35)27-23-16-17-24(19-23)28(27)31(33)36/h1-15,23-24,26-28H,16-20H2/t23-,24+,26-,27-,28+/m1/s1. The van der Waals surface area contributed by atoms with E-state index in [0.717, 1.165) is 36.1 Å². The van der Waals surface area contributed by atoms with Crippen LogP contribution in [0.5, 0.6) is 0 Å². The topological polar surface area (TPSA) is 57.7 Å². The normalized spacial score (nSPS) is 25.2. The smallest absolute Gasteiger partial charge is 0.250 e. The van der Waals surface area contributed by atoms with Gasteiger partial charge in [-0.05, 0) is 54.4 Å². The van der Waals surface area contributed by atoms with Crippen molar-refractivity contribution in [1.29, 1.82) is 0 Å². The first-order chi connectivity index (χ1) is 17.6. The highest BCUT2D eigenvalue weighted by molar-refractivity contribution is 6.11. The molecule has 2 bridgehead atoms. The van der Waals surface area contributed by atoms with Crippen LogP contribution >= 0.6 is 0 Å². The first kappa shape index (κ1) is 22.7. The molecular weight excluding hydrogens is 448 g/mol. The molecule has 1 saturated heterocycles. The molecule has 36 heavy (non-hydrogen) atoms. The number of nitrogens with zero attached hydrogens (tertiary/aromatic N) is 2. The molecule has 1 aliphatic heterocycles. The molecule has 182 valence electrons. The van der Waals surface area contributed by atoms with E-state index in [1.165, 1.54) is 4.90 Å². The van der Waals surface area contributed by atoms with Crippen LogP contribution in [0.15, 0.2) is 91.0 Å². The molecule has 2 aliphatic carbocycles. The van der Waals surface area contributed by atoms with Gasteiger partial charge in [0.25, 0.3) is 5.91 Å². The molecule has 6 rings (SSSR count). The summed E-state index contributed by atoms with van der Waals surface area (Å²) in [6.45, 7) is 0.364. The minimum atomic E-state index is -0.874. The van der Waals surface area contributed by atoms with Crippen LogP contribution in [0.3, 0.4) is 0 Å². The number of rotatable bonds is 7.